The Morgan fingerprint density at radius 1 is 1.00 bits per heavy atom. The van der Waals surface area contributed by atoms with Gasteiger partial charge in [0.2, 0.25) is 0 Å². The van der Waals surface area contributed by atoms with Crippen molar-refractivity contribution in [3.8, 4) is 17.6 Å². The highest BCUT2D eigenvalue weighted by Gasteiger charge is 2.29. The maximum absolute atomic E-state index is 12.3. The van der Waals surface area contributed by atoms with Gasteiger partial charge in [-0.2, -0.15) is 8.78 Å². The Balaban J connectivity index is 1.64. The predicted molar refractivity (Wildman–Crippen MR) is 91.6 cm³/mol. The summed E-state index contributed by atoms with van der Waals surface area (Å²) in [5.41, 5.74) is 2.90. The van der Waals surface area contributed by atoms with Crippen LogP contribution in [0.15, 0.2) is 48.5 Å². The van der Waals surface area contributed by atoms with E-state index in [1.165, 1.54) is 17.7 Å². The normalized spacial score (nSPS) is 19.0. The second-order valence-corrected chi connectivity index (χ2v) is 6.29. The van der Waals surface area contributed by atoms with Crippen molar-refractivity contribution in [3.05, 3.63) is 65.2 Å². The van der Waals surface area contributed by atoms with Crippen molar-refractivity contribution in [2.75, 3.05) is 6.67 Å². The highest BCUT2D eigenvalue weighted by atomic mass is 19.3. The van der Waals surface area contributed by atoms with E-state index in [9.17, 15) is 13.2 Å². The second-order valence-electron chi connectivity index (χ2n) is 6.29. The number of alkyl halides is 3. The fourth-order valence-electron chi connectivity index (χ4n) is 3.13. The van der Waals surface area contributed by atoms with Crippen LogP contribution >= 0.6 is 0 Å². The van der Waals surface area contributed by atoms with Crippen LogP contribution in [-0.2, 0) is 0 Å². The monoisotopic (exact) mass is 344 g/mol. The first-order valence-electron chi connectivity index (χ1n) is 8.37. The SMILES string of the molecule is FCCC1CC(c2cccc(C#Cc3ccc(OC(F)F)cc3)c2)C1. The van der Waals surface area contributed by atoms with Crippen molar-refractivity contribution in [2.45, 2.75) is 31.8 Å². The van der Waals surface area contributed by atoms with Gasteiger partial charge < -0.3 is 4.74 Å². The van der Waals surface area contributed by atoms with E-state index < -0.39 is 6.61 Å². The lowest BCUT2D eigenvalue weighted by atomic mass is 9.70. The average molecular weight is 344 g/mol. The molecule has 0 spiro atoms. The fourth-order valence-corrected chi connectivity index (χ4v) is 3.13. The third-order valence-corrected chi connectivity index (χ3v) is 4.54. The van der Waals surface area contributed by atoms with Gasteiger partial charge in [-0.15, -0.1) is 0 Å². The highest BCUT2D eigenvalue weighted by molar-refractivity contribution is 5.45. The Morgan fingerprint density at radius 3 is 2.40 bits per heavy atom. The summed E-state index contributed by atoms with van der Waals surface area (Å²) >= 11 is 0. The van der Waals surface area contributed by atoms with Crippen molar-refractivity contribution < 1.29 is 17.9 Å². The minimum absolute atomic E-state index is 0.121. The van der Waals surface area contributed by atoms with Gasteiger partial charge in [0.1, 0.15) is 5.75 Å². The molecule has 4 heteroatoms. The first kappa shape index (κ1) is 17.4. The van der Waals surface area contributed by atoms with E-state index in [0.29, 0.717) is 18.3 Å². The van der Waals surface area contributed by atoms with Gasteiger partial charge in [-0.3, -0.25) is 4.39 Å². The lowest BCUT2D eigenvalue weighted by Crippen LogP contribution is -2.22. The molecule has 0 amide bonds. The lowest BCUT2D eigenvalue weighted by molar-refractivity contribution is -0.0498. The predicted octanol–water partition coefficient (Wildman–Crippen LogP) is 5.54. The summed E-state index contributed by atoms with van der Waals surface area (Å²) in [7, 11) is 0. The van der Waals surface area contributed by atoms with Crippen LogP contribution in [0.5, 0.6) is 5.75 Å². The molecule has 1 nitrogen and oxygen atoms in total. The first-order valence-corrected chi connectivity index (χ1v) is 8.37. The summed E-state index contributed by atoms with van der Waals surface area (Å²) in [4.78, 5) is 0. The molecule has 0 aromatic heterocycles. The van der Waals surface area contributed by atoms with Gasteiger partial charge >= 0.3 is 6.61 Å². The fraction of sp³-hybridized carbons (Fsp3) is 0.333. The topological polar surface area (TPSA) is 9.23 Å². The minimum atomic E-state index is -2.82. The van der Waals surface area contributed by atoms with Gasteiger partial charge in [0.15, 0.2) is 0 Å². The zero-order valence-corrected chi connectivity index (χ0v) is 13.7. The smallest absolute Gasteiger partial charge is 0.387 e. The molecule has 0 saturated heterocycles. The Bertz CT molecular complexity index is 753. The standard InChI is InChI=1S/C21H19F3O/c22-11-10-17-13-19(14-17)18-3-1-2-16(12-18)5-4-15-6-8-20(9-7-15)25-21(23)24/h1-3,6-9,12,17,19,21H,10-11,13-14H2. The Morgan fingerprint density at radius 2 is 1.72 bits per heavy atom. The molecule has 0 radical (unpaired) electrons. The van der Waals surface area contributed by atoms with E-state index in [2.05, 4.69) is 28.7 Å². The van der Waals surface area contributed by atoms with Crippen LogP contribution in [0.1, 0.15) is 41.9 Å². The van der Waals surface area contributed by atoms with Crippen LogP contribution in [0.2, 0.25) is 0 Å². The number of hydrogen-bond donors (Lipinski definition) is 0. The third kappa shape index (κ3) is 4.79. The van der Waals surface area contributed by atoms with Crippen molar-refractivity contribution in [1.29, 1.82) is 0 Å². The molecule has 0 unspecified atom stereocenters. The van der Waals surface area contributed by atoms with E-state index in [4.69, 9.17) is 0 Å². The molecule has 0 atom stereocenters. The number of benzene rings is 2. The van der Waals surface area contributed by atoms with Crippen LogP contribution in [0, 0.1) is 17.8 Å². The summed E-state index contributed by atoms with van der Waals surface area (Å²) in [6.45, 7) is -3.06. The quantitative estimate of drug-likeness (QED) is 0.647. The average Bonchev–Trinajstić information content (AvgIpc) is 2.57. The van der Waals surface area contributed by atoms with E-state index in [-0.39, 0.29) is 12.4 Å². The number of rotatable bonds is 5. The largest absolute Gasteiger partial charge is 0.435 e. The van der Waals surface area contributed by atoms with E-state index >= 15 is 0 Å². The molecule has 2 aromatic carbocycles. The highest BCUT2D eigenvalue weighted by Crippen LogP contribution is 2.43. The van der Waals surface area contributed by atoms with E-state index in [1.807, 2.05) is 12.1 Å². The molecule has 0 bridgehead atoms. The zero-order chi connectivity index (χ0) is 17.6. The van der Waals surface area contributed by atoms with Crippen molar-refractivity contribution in [3.63, 3.8) is 0 Å². The zero-order valence-electron chi connectivity index (χ0n) is 13.7. The van der Waals surface area contributed by atoms with Crippen LogP contribution in [-0.4, -0.2) is 13.3 Å². The van der Waals surface area contributed by atoms with Crippen LogP contribution in [0.25, 0.3) is 0 Å². The van der Waals surface area contributed by atoms with E-state index in [1.54, 1.807) is 12.1 Å². The van der Waals surface area contributed by atoms with Crippen LogP contribution < -0.4 is 4.74 Å². The molecule has 1 aliphatic rings. The Labute approximate surface area is 145 Å². The Hall–Kier alpha value is -2.41. The molecule has 1 aliphatic carbocycles. The molecule has 0 N–H and O–H groups in total. The number of halogens is 3. The van der Waals surface area contributed by atoms with E-state index in [0.717, 1.165) is 24.0 Å². The molecule has 0 heterocycles. The molecule has 1 saturated carbocycles. The molecule has 1 fully saturated rings. The molecule has 2 aromatic rings. The molecular weight excluding hydrogens is 325 g/mol. The molecular formula is C21H19F3O. The summed E-state index contributed by atoms with van der Waals surface area (Å²) in [6, 6.07) is 14.4. The van der Waals surface area contributed by atoms with Crippen molar-refractivity contribution in [2.24, 2.45) is 5.92 Å². The van der Waals surface area contributed by atoms with Gasteiger partial charge in [0.25, 0.3) is 0 Å². The van der Waals surface area contributed by atoms with Gasteiger partial charge in [-0.25, -0.2) is 0 Å². The summed E-state index contributed by atoms with van der Waals surface area (Å²) in [5.74, 6) is 7.27. The van der Waals surface area contributed by atoms with Gasteiger partial charge in [0.05, 0.1) is 6.67 Å². The van der Waals surface area contributed by atoms with Crippen molar-refractivity contribution in [1.82, 2.24) is 0 Å². The van der Waals surface area contributed by atoms with Crippen LogP contribution in [0.4, 0.5) is 13.2 Å². The first-order chi connectivity index (χ1) is 12.1. The minimum Gasteiger partial charge on any atom is -0.435 e. The van der Waals surface area contributed by atoms with Gasteiger partial charge in [0, 0.05) is 11.1 Å². The summed E-state index contributed by atoms with van der Waals surface area (Å²) < 4.78 is 40.9. The number of hydrogen-bond acceptors (Lipinski definition) is 1. The second kappa shape index (κ2) is 8.11. The Kier molecular flexibility index (Phi) is 5.65. The summed E-state index contributed by atoms with van der Waals surface area (Å²) in [6.07, 6.45) is 2.76. The lowest BCUT2D eigenvalue weighted by Gasteiger charge is -2.35. The number of ether oxygens (including phenoxy) is 1. The maximum Gasteiger partial charge on any atom is 0.387 e. The molecule has 25 heavy (non-hydrogen) atoms. The van der Waals surface area contributed by atoms with Gasteiger partial charge in [-0.05, 0) is 73.1 Å². The molecule has 130 valence electrons. The van der Waals surface area contributed by atoms with Gasteiger partial charge in [-0.1, -0.05) is 24.0 Å². The van der Waals surface area contributed by atoms with Crippen molar-refractivity contribution >= 4 is 0 Å². The third-order valence-electron chi connectivity index (χ3n) is 4.54. The summed E-state index contributed by atoms with van der Waals surface area (Å²) in [5, 5.41) is 0. The molecule has 0 aliphatic heterocycles. The molecule has 3 rings (SSSR count). The maximum atomic E-state index is 12.3. The van der Waals surface area contributed by atoms with Crippen LogP contribution in [0.3, 0.4) is 0 Å².